The molecule has 3 aromatic rings. The molecule has 234 valence electrons. The average Bonchev–Trinajstić information content (AvgIpc) is 3.59. The first-order chi connectivity index (χ1) is 21.3. The Morgan fingerprint density at radius 3 is 2.34 bits per heavy atom. The van der Waals surface area contributed by atoms with Crippen LogP contribution in [0, 0.1) is 13.8 Å². The van der Waals surface area contributed by atoms with Gasteiger partial charge in [0.2, 0.25) is 5.91 Å². The molecule has 0 saturated heterocycles. The lowest BCUT2D eigenvalue weighted by Gasteiger charge is -2.18. The second kappa shape index (κ2) is 16.0. The van der Waals surface area contributed by atoms with Gasteiger partial charge in [-0.1, -0.05) is 52.4 Å². The third kappa shape index (κ3) is 8.65. The van der Waals surface area contributed by atoms with Crippen molar-refractivity contribution in [2.45, 2.75) is 85.5 Å². The van der Waals surface area contributed by atoms with Crippen LogP contribution < -0.4 is 15.0 Å². The number of aliphatic imine (C=N–C) groups is 3. The fourth-order valence-electron chi connectivity index (χ4n) is 5.20. The van der Waals surface area contributed by atoms with E-state index in [1.807, 2.05) is 50.2 Å². The van der Waals surface area contributed by atoms with Crippen LogP contribution in [0.15, 0.2) is 63.5 Å². The summed E-state index contributed by atoms with van der Waals surface area (Å²) in [6.07, 6.45) is 9.62. The number of nitrogens with one attached hydrogen (secondary N) is 1. The molecule has 0 saturated carbocycles. The molecule has 1 aliphatic heterocycles. The van der Waals surface area contributed by atoms with Crippen molar-refractivity contribution in [1.29, 1.82) is 0 Å². The summed E-state index contributed by atoms with van der Waals surface area (Å²) in [5.74, 6) is 1.50. The first-order valence-corrected chi connectivity index (χ1v) is 15.9. The van der Waals surface area contributed by atoms with Crippen LogP contribution in [0.1, 0.15) is 88.6 Å². The molecule has 4 rings (SSSR count). The first kappa shape index (κ1) is 32.6. The molecule has 9 nitrogen and oxygen atoms in total. The van der Waals surface area contributed by atoms with Crippen molar-refractivity contribution in [2.75, 3.05) is 30.9 Å². The lowest BCUT2D eigenvalue weighted by molar-refractivity contribution is -0.116. The van der Waals surface area contributed by atoms with E-state index in [1.165, 1.54) is 25.7 Å². The Morgan fingerprint density at radius 1 is 0.932 bits per heavy atom. The van der Waals surface area contributed by atoms with Crippen molar-refractivity contribution in [3.8, 4) is 5.75 Å². The summed E-state index contributed by atoms with van der Waals surface area (Å²) in [4.78, 5) is 29.7. The third-order valence-electron chi connectivity index (χ3n) is 7.70. The van der Waals surface area contributed by atoms with Gasteiger partial charge in [0.25, 0.3) is 5.96 Å². The lowest BCUT2D eigenvalue weighted by atomic mass is 10.1. The summed E-state index contributed by atoms with van der Waals surface area (Å²) in [7, 11) is 3.73. The number of carbonyl (C=O) groups excluding carboxylic acids is 1. The minimum atomic E-state index is 0.00225. The summed E-state index contributed by atoms with van der Waals surface area (Å²) < 4.78 is 7.47. The van der Waals surface area contributed by atoms with Crippen LogP contribution in [-0.2, 0) is 4.79 Å². The number of ether oxygens (including phenoxy) is 1. The Labute approximate surface area is 262 Å². The van der Waals surface area contributed by atoms with Crippen LogP contribution >= 0.6 is 0 Å². The molecule has 1 aromatic heterocycles. The Kier molecular flexibility index (Phi) is 11.9. The predicted molar refractivity (Wildman–Crippen MR) is 182 cm³/mol. The number of aryl methyl sites for hydroxylation is 2. The molecule has 0 radical (unpaired) electrons. The van der Waals surface area contributed by atoms with E-state index >= 15 is 0 Å². The minimum absolute atomic E-state index is 0.00225. The van der Waals surface area contributed by atoms with Crippen LogP contribution in [-0.4, -0.2) is 53.9 Å². The van der Waals surface area contributed by atoms with E-state index in [4.69, 9.17) is 19.7 Å². The lowest BCUT2D eigenvalue weighted by Crippen LogP contribution is -2.17. The molecule has 2 aromatic carbocycles. The molecular formula is C35H47N7O2. The predicted octanol–water partition coefficient (Wildman–Crippen LogP) is 7.87. The number of benzene rings is 2. The zero-order chi connectivity index (χ0) is 31.5. The van der Waals surface area contributed by atoms with Gasteiger partial charge in [-0.05, 0) is 75.2 Å². The molecule has 0 atom stereocenters. The number of rotatable bonds is 15. The number of unbranched alkanes of at least 4 members (excludes halogenated alkanes) is 6. The SMILES string of the molecule is CCCCCCCCC(=O)Nc1ccc(OC)c(C2=NC(n3nc(C)cc3C)=N/C2=N\c2ccc(N(C)CCCC)cc2)c1. The van der Waals surface area contributed by atoms with Gasteiger partial charge < -0.3 is 15.0 Å². The van der Waals surface area contributed by atoms with Crippen LogP contribution in [0.2, 0.25) is 0 Å². The maximum absolute atomic E-state index is 12.8. The quantitative estimate of drug-likeness (QED) is 0.180. The van der Waals surface area contributed by atoms with E-state index in [2.05, 4.69) is 48.3 Å². The molecule has 9 heteroatoms. The highest BCUT2D eigenvalue weighted by Gasteiger charge is 2.26. The number of hydrogen-bond donors (Lipinski definition) is 1. The Hall–Kier alpha value is -4.27. The van der Waals surface area contributed by atoms with Crippen LogP contribution in [0.25, 0.3) is 0 Å². The van der Waals surface area contributed by atoms with Crippen molar-refractivity contribution in [2.24, 2.45) is 15.0 Å². The number of amidine groups is 1. The molecule has 1 N–H and O–H groups in total. The van der Waals surface area contributed by atoms with Gasteiger partial charge in [-0.15, -0.1) is 0 Å². The first-order valence-electron chi connectivity index (χ1n) is 15.9. The molecule has 0 unspecified atom stereocenters. The standard InChI is InChI=1S/C35H47N7O2/c1-7-9-11-12-13-14-15-32(43)36-28-18-21-31(44-6)30(24-28)33-34(39-35(38-33)42-26(4)23-25(3)40-42)37-27-16-19-29(20-17-27)41(5)22-10-8-2/h16-21,23-24H,7-15,22H2,1-6H3,(H,36,43)/b37-34-. The Morgan fingerprint density at radius 2 is 1.66 bits per heavy atom. The maximum Gasteiger partial charge on any atom is 0.253 e. The van der Waals surface area contributed by atoms with Gasteiger partial charge in [0.1, 0.15) is 11.5 Å². The second-order valence-electron chi connectivity index (χ2n) is 11.4. The maximum atomic E-state index is 12.8. The largest absolute Gasteiger partial charge is 0.496 e. The topological polar surface area (TPSA) is 96.5 Å². The summed E-state index contributed by atoms with van der Waals surface area (Å²) in [5, 5.41) is 7.66. The summed E-state index contributed by atoms with van der Waals surface area (Å²) in [5.41, 5.74) is 5.63. The second-order valence-corrected chi connectivity index (χ2v) is 11.4. The Balaban J connectivity index is 1.62. The third-order valence-corrected chi connectivity index (χ3v) is 7.70. The fourth-order valence-corrected chi connectivity index (χ4v) is 5.20. The van der Waals surface area contributed by atoms with E-state index in [0.29, 0.717) is 40.9 Å². The van der Waals surface area contributed by atoms with Gasteiger partial charge in [0.05, 0.1) is 18.5 Å². The monoisotopic (exact) mass is 597 g/mol. The van der Waals surface area contributed by atoms with Gasteiger partial charge in [-0.3, -0.25) is 4.79 Å². The zero-order valence-electron chi connectivity index (χ0n) is 27.2. The molecule has 0 aliphatic carbocycles. The molecule has 44 heavy (non-hydrogen) atoms. The van der Waals surface area contributed by atoms with Gasteiger partial charge in [0.15, 0.2) is 5.84 Å². The molecule has 0 spiro atoms. The van der Waals surface area contributed by atoms with Crippen LogP contribution in [0.4, 0.5) is 17.1 Å². The summed E-state index contributed by atoms with van der Waals surface area (Å²) in [6.45, 7) is 9.33. The molecule has 0 bridgehead atoms. The van der Waals surface area contributed by atoms with Crippen LogP contribution in [0.5, 0.6) is 5.75 Å². The van der Waals surface area contributed by atoms with E-state index in [0.717, 1.165) is 55.0 Å². The van der Waals surface area contributed by atoms with Crippen molar-refractivity contribution in [3.63, 3.8) is 0 Å². The smallest absolute Gasteiger partial charge is 0.253 e. The molecule has 1 aliphatic rings. The molecule has 2 heterocycles. The summed E-state index contributed by atoms with van der Waals surface area (Å²) in [6, 6.07) is 15.7. The van der Waals surface area contributed by atoms with E-state index in [9.17, 15) is 4.79 Å². The van der Waals surface area contributed by atoms with Crippen molar-refractivity contribution in [3.05, 3.63) is 65.5 Å². The number of amides is 1. The fraction of sp³-hybridized carbons (Fsp3) is 0.457. The van der Waals surface area contributed by atoms with Gasteiger partial charge >= 0.3 is 0 Å². The number of carbonyl (C=O) groups is 1. The Bertz CT molecular complexity index is 1500. The molecule has 0 fully saturated rings. The molecular weight excluding hydrogens is 550 g/mol. The zero-order valence-corrected chi connectivity index (χ0v) is 27.2. The average molecular weight is 598 g/mol. The highest BCUT2D eigenvalue weighted by Crippen LogP contribution is 2.28. The van der Waals surface area contributed by atoms with Crippen molar-refractivity contribution < 1.29 is 9.53 Å². The number of hydrogen-bond acceptors (Lipinski definition) is 6. The summed E-state index contributed by atoms with van der Waals surface area (Å²) >= 11 is 0. The van der Waals surface area contributed by atoms with E-state index < -0.39 is 0 Å². The van der Waals surface area contributed by atoms with Gasteiger partial charge in [-0.2, -0.15) is 10.1 Å². The number of anilines is 2. The van der Waals surface area contributed by atoms with E-state index in [1.54, 1.807) is 11.8 Å². The van der Waals surface area contributed by atoms with Gasteiger partial charge in [0, 0.05) is 42.6 Å². The van der Waals surface area contributed by atoms with Crippen molar-refractivity contribution in [1.82, 2.24) is 9.78 Å². The van der Waals surface area contributed by atoms with Crippen LogP contribution in [0.3, 0.4) is 0 Å². The van der Waals surface area contributed by atoms with E-state index in [-0.39, 0.29) is 5.91 Å². The van der Waals surface area contributed by atoms with Gasteiger partial charge in [-0.25, -0.2) is 14.7 Å². The number of methoxy groups -OCH3 is 1. The normalized spacial score (nSPS) is 13.6. The highest BCUT2D eigenvalue weighted by atomic mass is 16.5. The number of aromatic nitrogens is 2. The van der Waals surface area contributed by atoms with Crippen molar-refractivity contribution >= 4 is 40.5 Å². The highest BCUT2D eigenvalue weighted by molar-refractivity contribution is 6.53. The number of nitrogens with zero attached hydrogens (tertiary/aromatic N) is 6. The molecule has 1 amide bonds. The minimum Gasteiger partial charge on any atom is -0.496 e.